The fourth-order valence-electron chi connectivity index (χ4n) is 2.16. The predicted molar refractivity (Wildman–Crippen MR) is 65.2 cm³/mol. The monoisotopic (exact) mass is 254 g/mol. The molecule has 0 bridgehead atoms. The normalized spacial score (nSPS) is 23.7. The Morgan fingerprint density at radius 3 is 2.56 bits per heavy atom. The molecule has 1 unspecified atom stereocenters. The lowest BCUT2D eigenvalue weighted by atomic mass is 9.82. The highest BCUT2D eigenvalue weighted by molar-refractivity contribution is 5.95. The zero-order valence-electron chi connectivity index (χ0n) is 10.2. The second kappa shape index (κ2) is 5.02. The first-order chi connectivity index (χ1) is 8.49. The van der Waals surface area contributed by atoms with Crippen molar-refractivity contribution in [2.45, 2.75) is 19.8 Å². The Morgan fingerprint density at radius 1 is 1.33 bits per heavy atom. The van der Waals surface area contributed by atoms with Gasteiger partial charge < -0.3 is 10.6 Å². The number of benzene rings is 1. The minimum Gasteiger partial charge on any atom is -0.325 e. The molecule has 0 aromatic heterocycles. The van der Waals surface area contributed by atoms with Gasteiger partial charge in [-0.25, -0.2) is 8.78 Å². The Hall–Kier alpha value is -1.49. The zero-order valence-corrected chi connectivity index (χ0v) is 10.2. The van der Waals surface area contributed by atoms with Crippen LogP contribution in [0.2, 0.25) is 0 Å². The molecule has 0 radical (unpaired) electrons. The van der Waals surface area contributed by atoms with Crippen molar-refractivity contribution < 1.29 is 13.6 Å². The summed E-state index contributed by atoms with van der Waals surface area (Å²) in [5, 5.41) is 5.73. The Balaban J connectivity index is 2.10. The lowest BCUT2D eigenvalue weighted by Gasteiger charge is -2.32. The molecule has 1 aromatic carbocycles. The largest absolute Gasteiger partial charge is 0.325 e. The van der Waals surface area contributed by atoms with Gasteiger partial charge in [-0.2, -0.15) is 0 Å². The van der Waals surface area contributed by atoms with Gasteiger partial charge in [0.2, 0.25) is 5.91 Å². The van der Waals surface area contributed by atoms with Crippen LogP contribution >= 0.6 is 0 Å². The maximum absolute atomic E-state index is 13.0. The molecule has 1 heterocycles. The van der Waals surface area contributed by atoms with Crippen molar-refractivity contribution in [2.24, 2.45) is 5.41 Å². The van der Waals surface area contributed by atoms with Crippen LogP contribution in [0.4, 0.5) is 14.5 Å². The predicted octanol–water partition coefficient (Wildman–Crippen LogP) is 2.29. The Morgan fingerprint density at radius 2 is 2.00 bits per heavy atom. The van der Waals surface area contributed by atoms with Crippen molar-refractivity contribution in [3.8, 4) is 0 Å². The van der Waals surface area contributed by atoms with E-state index in [2.05, 4.69) is 10.6 Å². The van der Waals surface area contributed by atoms with Gasteiger partial charge in [0.05, 0.1) is 5.41 Å². The average molecular weight is 254 g/mol. The van der Waals surface area contributed by atoms with Gasteiger partial charge in [-0.15, -0.1) is 0 Å². The summed E-state index contributed by atoms with van der Waals surface area (Å²) in [7, 11) is 0. The number of carbonyl (C=O) groups excluding carboxylic acids is 1. The first-order valence-corrected chi connectivity index (χ1v) is 5.98. The van der Waals surface area contributed by atoms with E-state index in [4.69, 9.17) is 0 Å². The molecule has 1 amide bonds. The number of amides is 1. The number of carbonyl (C=O) groups is 1. The number of piperidine rings is 1. The molecule has 1 saturated heterocycles. The second-order valence-corrected chi connectivity index (χ2v) is 4.95. The van der Waals surface area contributed by atoms with Crippen LogP contribution in [-0.2, 0) is 4.79 Å². The lowest BCUT2D eigenvalue weighted by Crippen LogP contribution is -2.46. The Labute approximate surface area is 105 Å². The van der Waals surface area contributed by atoms with Gasteiger partial charge in [-0.3, -0.25) is 4.79 Å². The van der Waals surface area contributed by atoms with Crippen LogP contribution in [0, 0.1) is 17.0 Å². The van der Waals surface area contributed by atoms with E-state index in [1.54, 1.807) is 0 Å². The molecule has 18 heavy (non-hydrogen) atoms. The van der Waals surface area contributed by atoms with E-state index in [0.717, 1.165) is 37.6 Å². The molecule has 98 valence electrons. The maximum Gasteiger partial charge on any atom is 0.231 e. The van der Waals surface area contributed by atoms with Crippen molar-refractivity contribution in [1.29, 1.82) is 0 Å². The summed E-state index contributed by atoms with van der Waals surface area (Å²) in [6.07, 6.45) is 1.69. The smallest absolute Gasteiger partial charge is 0.231 e. The highest BCUT2D eigenvalue weighted by Gasteiger charge is 2.34. The molecule has 1 atom stereocenters. The van der Waals surface area contributed by atoms with Crippen LogP contribution in [0.5, 0.6) is 0 Å². The minimum absolute atomic E-state index is 0.157. The number of hydrogen-bond acceptors (Lipinski definition) is 2. The van der Waals surface area contributed by atoms with Gasteiger partial charge in [-0.1, -0.05) is 0 Å². The van der Waals surface area contributed by atoms with E-state index in [9.17, 15) is 13.6 Å². The van der Waals surface area contributed by atoms with Crippen LogP contribution in [0.25, 0.3) is 0 Å². The van der Waals surface area contributed by atoms with Gasteiger partial charge in [0.15, 0.2) is 0 Å². The van der Waals surface area contributed by atoms with Gasteiger partial charge >= 0.3 is 0 Å². The highest BCUT2D eigenvalue weighted by atomic mass is 19.1. The van der Waals surface area contributed by atoms with Crippen molar-refractivity contribution >= 4 is 11.6 Å². The molecule has 1 aliphatic heterocycles. The SMILES string of the molecule is CC1(C(=O)Nc2cc(F)cc(F)c2)CCCNC1. The van der Waals surface area contributed by atoms with Crippen LogP contribution in [-0.4, -0.2) is 19.0 Å². The summed E-state index contributed by atoms with van der Waals surface area (Å²) in [6, 6.07) is 3.00. The summed E-state index contributed by atoms with van der Waals surface area (Å²) in [6.45, 7) is 3.33. The van der Waals surface area contributed by atoms with Crippen LogP contribution in [0.15, 0.2) is 18.2 Å². The number of anilines is 1. The number of halogens is 2. The van der Waals surface area contributed by atoms with E-state index in [-0.39, 0.29) is 11.6 Å². The third kappa shape index (κ3) is 2.85. The Bertz CT molecular complexity index is 436. The molecule has 5 heteroatoms. The van der Waals surface area contributed by atoms with Crippen molar-refractivity contribution in [1.82, 2.24) is 5.32 Å². The number of hydrogen-bond donors (Lipinski definition) is 2. The molecule has 3 nitrogen and oxygen atoms in total. The molecule has 0 saturated carbocycles. The molecular weight excluding hydrogens is 238 g/mol. The van der Waals surface area contributed by atoms with Crippen LogP contribution in [0.1, 0.15) is 19.8 Å². The Kier molecular flexibility index (Phi) is 3.61. The van der Waals surface area contributed by atoms with E-state index in [1.807, 2.05) is 6.92 Å². The van der Waals surface area contributed by atoms with Gasteiger partial charge in [0.25, 0.3) is 0 Å². The molecule has 0 spiro atoms. The third-order valence-electron chi connectivity index (χ3n) is 3.27. The average Bonchev–Trinajstić information content (AvgIpc) is 2.28. The molecule has 1 fully saturated rings. The molecule has 0 aliphatic carbocycles. The zero-order chi connectivity index (χ0) is 13.2. The first-order valence-electron chi connectivity index (χ1n) is 5.98. The quantitative estimate of drug-likeness (QED) is 0.850. The molecule has 2 rings (SSSR count). The first kappa shape index (κ1) is 13.0. The second-order valence-electron chi connectivity index (χ2n) is 4.95. The van der Waals surface area contributed by atoms with Crippen molar-refractivity contribution in [3.05, 3.63) is 29.8 Å². The van der Waals surface area contributed by atoms with Gasteiger partial charge in [0, 0.05) is 18.3 Å². The number of nitrogens with one attached hydrogen (secondary N) is 2. The highest BCUT2D eigenvalue weighted by Crippen LogP contribution is 2.27. The maximum atomic E-state index is 13.0. The number of rotatable bonds is 2. The fourth-order valence-corrected chi connectivity index (χ4v) is 2.16. The molecule has 1 aliphatic rings. The molecule has 2 N–H and O–H groups in total. The summed E-state index contributed by atoms with van der Waals surface area (Å²) in [5.74, 6) is -1.60. The van der Waals surface area contributed by atoms with E-state index >= 15 is 0 Å². The molecular formula is C13H16F2N2O. The summed E-state index contributed by atoms with van der Waals surface area (Å²) < 4.78 is 26.0. The van der Waals surface area contributed by atoms with Gasteiger partial charge in [-0.05, 0) is 38.4 Å². The fraction of sp³-hybridized carbons (Fsp3) is 0.462. The van der Waals surface area contributed by atoms with Crippen LogP contribution < -0.4 is 10.6 Å². The summed E-state index contributed by atoms with van der Waals surface area (Å²) >= 11 is 0. The van der Waals surface area contributed by atoms with Crippen molar-refractivity contribution in [2.75, 3.05) is 18.4 Å². The van der Waals surface area contributed by atoms with E-state index < -0.39 is 17.0 Å². The van der Waals surface area contributed by atoms with Crippen LogP contribution in [0.3, 0.4) is 0 Å². The topological polar surface area (TPSA) is 41.1 Å². The van der Waals surface area contributed by atoms with E-state index in [0.29, 0.717) is 6.54 Å². The molecule has 1 aromatic rings. The van der Waals surface area contributed by atoms with E-state index in [1.165, 1.54) is 0 Å². The third-order valence-corrected chi connectivity index (χ3v) is 3.27. The summed E-state index contributed by atoms with van der Waals surface area (Å²) in [4.78, 5) is 12.1. The van der Waals surface area contributed by atoms with Gasteiger partial charge in [0.1, 0.15) is 11.6 Å². The standard InChI is InChI=1S/C13H16F2N2O/c1-13(3-2-4-16-8-13)12(18)17-11-6-9(14)5-10(15)7-11/h5-7,16H,2-4,8H2,1H3,(H,17,18). The minimum atomic E-state index is -0.697. The lowest BCUT2D eigenvalue weighted by molar-refractivity contribution is -0.125. The summed E-state index contributed by atoms with van der Waals surface area (Å²) in [5.41, 5.74) is -0.370. The van der Waals surface area contributed by atoms with Crippen molar-refractivity contribution in [3.63, 3.8) is 0 Å².